The quantitative estimate of drug-likeness (QED) is 0.775. The van der Waals surface area contributed by atoms with Crippen molar-refractivity contribution in [2.24, 2.45) is 0 Å². The first-order chi connectivity index (χ1) is 11.3. The van der Waals surface area contributed by atoms with Crippen LogP contribution in [0, 0.1) is 0 Å². The SMILES string of the molecule is CCc1cc2oc(=O)cc(CN(C)[C@@H]3CCS(=O)(=O)C3)c2cc1Cl. The van der Waals surface area contributed by atoms with Crippen LogP contribution in [0.4, 0.5) is 0 Å². The smallest absolute Gasteiger partial charge is 0.336 e. The summed E-state index contributed by atoms with van der Waals surface area (Å²) in [5, 5.41) is 1.44. The van der Waals surface area contributed by atoms with Crippen molar-refractivity contribution >= 4 is 32.4 Å². The summed E-state index contributed by atoms with van der Waals surface area (Å²) in [5.74, 6) is 0.398. The van der Waals surface area contributed by atoms with Crippen LogP contribution in [-0.4, -0.2) is 37.9 Å². The minimum Gasteiger partial charge on any atom is -0.423 e. The van der Waals surface area contributed by atoms with Gasteiger partial charge in [0.2, 0.25) is 0 Å². The number of benzene rings is 1. The topological polar surface area (TPSA) is 67.6 Å². The molecule has 0 saturated carbocycles. The number of hydrogen-bond donors (Lipinski definition) is 0. The van der Waals surface area contributed by atoms with Crippen LogP contribution in [0.3, 0.4) is 0 Å². The monoisotopic (exact) mass is 369 g/mol. The molecular formula is C17H20ClNO4S. The Morgan fingerprint density at radius 1 is 1.29 bits per heavy atom. The Kier molecular flexibility index (Phi) is 4.73. The van der Waals surface area contributed by atoms with Gasteiger partial charge in [-0.15, -0.1) is 0 Å². The molecule has 0 aliphatic carbocycles. The van der Waals surface area contributed by atoms with Crippen molar-refractivity contribution in [1.29, 1.82) is 0 Å². The molecule has 0 N–H and O–H groups in total. The first kappa shape index (κ1) is 17.5. The minimum atomic E-state index is -2.94. The summed E-state index contributed by atoms with van der Waals surface area (Å²) in [6.45, 7) is 2.47. The van der Waals surface area contributed by atoms with Crippen LogP contribution >= 0.6 is 11.6 Å². The van der Waals surface area contributed by atoms with Crippen LogP contribution in [0.25, 0.3) is 11.0 Å². The number of halogens is 1. The zero-order valence-corrected chi connectivity index (χ0v) is 15.3. The largest absolute Gasteiger partial charge is 0.423 e. The minimum absolute atomic E-state index is 0.0253. The molecule has 2 aromatic rings. The van der Waals surface area contributed by atoms with Crippen LogP contribution < -0.4 is 5.63 Å². The van der Waals surface area contributed by atoms with Gasteiger partial charge in [-0.1, -0.05) is 18.5 Å². The van der Waals surface area contributed by atoms with E-state index in [-0.39, 0.29) is 17.5 Å². The molecule has 0 radical (unpaired) electrons. The molecule has 0 amide bonds. The molecule has 1 atom stereocenters. The van der Waals surface area contributed by atoms with Gasteiger partial charge in [-0.05, 0) is 43.1 Å². The summed E-state index contributed by atoms with van der Waals surface area (Å²) in [5.41, 5.74) is 1.85. The Hall–Kier alpha value is -1.37. The Morgan fingerprint density at radius 3 is 2.67 bits per heavy atom. The van der Waals surface area contributed by atoms with Crippen molar-refractivity contribution in [3.63, 3.8) is 0 Å². The van der Waals surface area contributed by atoms with E-state index in [1.54, 1.807) is 0 Å². The Bertz CT molecular complexity index is 935. The lowest BCUT2D eigenvalue weighted by molar-refractivity contribution is 0.254. The Balaban J connectivity index is 1.97. The maximum atomic E-state index is 11.9. The number of sulfone groups is 1. The van der Waals surface area contributed by atoms with Gasteiger partial charge in [0, 0.05) is 29.1 Å². The molecule has 0 spiro atoms. The van der Waals surface area contributed by atoms with E-state index in [9.17, 15) is 13.2 Å². The average molecular weight is 370 g/mol. The van der Waals surface area contributed by atoms with Crippen molar-refractivity contribution < 1.29 is 12.8 Å². The van der Waals surface area contributed by atoms with Crippen molar-refractivity contribution in [1.82, 2.24) is 4.90 Å². The van der Waals surface area contributed by atoms with Gasteiger partial charge >= 0.3 is 5.63 Å². The molecule has 1 aliphatic heterocycles. The van der Waals surface area contributed by atoms with Gasteiger partial charge in [0.15, 0.2) is 9.84 Å². The van der Waals surface area contributed by atoms with Gasteiger partial charge in [0.1, 0.15) is 5.58 Å². The first-order valence-corrected chi connectivity index (χ1v) is 10.1. The van der Waals surface area contributed by atoms with Crippen molar-refractivity contribution in [2.75, 3.05) is 18.6 Å². The predicted molar refractivity (Wildman–Crippen MR) is 95.4 cm³/mol. The average Bonchev–Trinajstić information content (AvgIpc) is 2.87. The van der Waals surface area contributed by atoms with Crippen molar-refractivity contribution in [2.45, 2.75) is 32.4 Å². The lowest BCUT2D eigenvalue weighted by Crippen LogP contribution is -2.32. The van der Waals surface area contributed by atoms with E-state index in [0.717, 1.165) is 22.9 Å². The molecule has 1 aromatic heterocycles. The van der Waals surface area contributed by atoms with Gasteiger partial charge in [0.25, 0.3) is 0 Å². The maximum absolute atomic E-state index is 11.9. The van der Waals surface area contributed by atoms with Gasteiger partial charge < -0.3 is 4.42 Å². The predicted octanol–water partition coefficient (Wildman–Crippen LogP) is 2.63. The second-order valence-corrected chi connectivity index (χ2v) is 8.99. The summed E-state index contributed by atoms with van der Waals surface area (Å²) in [4.78, 5) is 13.9. The molecule has 0 unspecified atom stereocenters. The van der Waals surface area contributed by atoms with Crippen molar-refractivity contribution in [3.05, 3.63) is 44.8 Å². The molecule has 1 aliphatic rings. The summed E-state index contributed by atoms with van der Waals surface area (Å²) in [6.07, 6.45) is 1.38. The van der Waals surface area contributed by atoms with Gasteiger partial charge in [-0.3, -0.25) is 4.90 Å². The molecule has 1 fully saturated rings. The van der Waals surface area contributed by atoms with Gasteiger partial charge in [-0.25, -0.2) is 13.2 Å². The van der Waals surface area contributed by atoms with Crippen LogP contribution in [0.5, 0.6) is 0 Å². The summed E-state index contributed by atoms with van der Waals surface area (Å²) in [7, 11) is -1.06. The lowest BCUT2D eigenvalue weighted by Gasteiger charge is -2.23. The third kappa shape index (κ3) is 3.50. The maximum Gasteiger partial charge on any atom is 0.336 e. The summed E-state index contributed by atoms with van der Waals surface area (Å²) < 4.78 is 28.7. The van der Waals surface area contributed by atoms with Crippen LogP contribution in [0.2, 0.25) is 5.02 Å². The van der Waals surface area contributed by atoms with E-state index in [0.29, 0.717) is 23.6 Å². The fourth-order valence-electron chi connectivity index (χ4n) is 3.21. The molecule has 1 aromatic carbocycles. The molecule has 130 valence electrons. The summed E-state index contributed by atoms with van der Waals surface area (Å²) in [6, 6.07) is 5.07. The molecule has 5 nitrogen and oxygen atoms in total. The Labute approximate surface area is 146 Å². The molecule has 24 heavy (non-hydrogen) atoms. The second kappa shape index (κ2) is 6.50. The lowest BCUT2D eigenvalue weighted by atomic mass is 10.1. The fraction of sp³-hybridized carbons (Fsp3) is 0.471. The third-order valence-electron chi connectivity index (χ3n) is 4.63. The first-order valence-electron chi connectivity index (χ1n) is 7.95. The van der Waals surface area contributed by atoms with E-state index < -0.39 is 15.5 Å². The molecule has 0 bridgehead atoms. The molecule has 1 saturated heterocycles. The number of aryl methyl sites for hydroxylation is 1. The Morgan fingerprint density at radius 2 is 2.04 bits per heavy atom. The normalized spacial score (nSPS) is 20.1. The fourth-order valence-corrected chi connectivity index (χ4v) is 5.31. The third-order valence-corrected chi connectivity index (χ3v) is 6.73. The van der Waals surface area contributed by atoms with E-state index in [1.165, 1.54) is 6.07 Å². The number of nitrogens with zero attached hydrogens (tertiary/aromatic N) is 1. The van der Waals surface area contributed by atoms with E-state index in [4.69, 9.17) is 16.0 Å². The molecule has 2 heterocycles. The van der Waals surface area contributed by atoms with Gasteiger partial charge in [-0.2, -0.15) is 0 Å². The zero-order valence-electron chi connectivity index (χ0n) is 13.7. The highest BCUT2D eigenvalue weighted by Crippen LogP contribution is 2.27. The molecule has 7 heteroatoms. The highest BCUT2D eigenvalue weighted by Gasteiger charge is 2.30. The zero-order chi connectivity index (χ0) is 17.5. The van der Waals surface area contributed by atoms with E-state index in [2.05, 4.69) is 0 Å². The van der Waals surface area contributed by atoms with Crippen LogP contribution in [-0.2, 0) is 22.8 Å². The number of fused-ring (bicyclic) bond motifs is 1. The number of rotatable bonds is 4. The number of hydrogen-bond acceptors (Lipinski definition) is 5. The van der Waals surface area contributed by atoms with Crippen LogP contribution in [0.15, 0.2) is 27.4 Å². The van der Waals surface area contributed by atoms with Gasteiger partial charge in [0.05, 0.1) is 11.5 Å². The van der Waals surface area contributed by atoms with E-state index >= 15 is 0 Å². The molecule has 3 rings (SSSR count). The highest BCUT2D eigenvalue weighted by atomic mass is 35.5. The van der Waals surface area contributed by atoms with Crippen LogP contribution in [0.1, 0.15) is 24.5 Å². The second-order valence-electron chi connectivity index (χ2n) is 6.36. The summed E-state index contributed by atoms with van der Waals surface area (Å²) >= 11 is 6.30. The van der Waals surface area contributed by atoms with E-state index in [1.807, 2.05) is 31.0 Å². The molecular weight excluding hydrogens is 350 g/mol. The standard InChI is InChI=1S/C17H20ClNO4S/c1-3-11-6-16-14(8-15(11)18)12(7-17(20)23-16)9-19(2)13-4-5-24(21,22)10-13/h6-8,13H,3-5,9-10H2,1-2H3/t13-/m1/s1. The van der Waals surface area contributed by atoms with Crippen molar-refractivity contribution in [3.8, 4) is 0 Å². The highest BCUT2D eigenvalue weighted by molar-refractivity contribution is 7.91.